The molecule has 5 heteroatoms. The molecule has 0 aromatic heterocycles. The van der Waals surface area contributed by atoms with Gasteiger partial charge in [-0.15, -0.1) is 12.6 Å². The monoisotopic (exact) mass is 233 g/mol. The molecule has 1 unspecified atom stereocenters. The number of hydrogen-bond acceptors (Lipinski definition) is 4. The summed E-state index contributed by atoms with van der Waals surface area (Å²) < 4.78 is 0. The summed E-state index contributed by atoms with van der Waals surface area (Å²) in [5.74, 6) is 0. The first-order valence-corrected chi connectivity index (χ1v) is 4.97. The minimum Gasteiger partial charge on any atom is -0.394 e. The summed E-state index contributed by atoms with van der Waals surface area (Å²) in [7, 11) is 0. The largest absolute Gasteiger partial charge is 0.394 e. The van der Waals surface area contributed by atoms with Crippen molar-refractivity contribution in [1.29, 1.82) is 0 Å². The van der Waals surface area contributed by atoms with Gasteiger partial charge in [-0.2, -0.15) is 0 Å². The third-order valence-corrected chi connectivity index (χ3v) is 2.32. The van der Waals surface area contributed by atoms with Crippen LogP contribution in [-0.4, -0.2) is 29.5 Å². The molecular formula is C9H12ClNO2S. The SMILES string of the molecule is OCC(O)CNc1cc(Cl)ccc1S. The third kappa shape index (κ3) is 3.38. The lowest BCUT2D eigenvalue weighted by atomic mass is 10.3. The zero-order valence-electron chi connectivity index (χ0n) is 7.44. The van der Waals surface area contributed by atoms with Crippen molar-refractivity contribution < 1.29 is 10.2 Å². The van der Waals surface area contributed by atoms with Gasteiger partial charge in [0.2, 0.25) is 0 Å². The van der Waals surface area contributed by atoms with Crippen molar-refractivity contribution in [2.45, 2.75) is 11.0 Å². The molecule has 0 saturated heterocycles. The Hall–Kier alpha value is -0.420. The molecule has 1 atom stereocenters. The number of benzene rings is 1. The van der Waals surface area contributed by atoms with Gasteiger partial charge >= 0.3 is 0 Å². The smallest absolute Gasteiger partial charge is 0.0942 e. The second-order valence-electron chi connectivity index (χ2n) is 2.88. The second kappa shape index (κ2) is 5.46. The molecule has 0 heterocycles. The Kier molecular flexibility index (Phi) is 4.54. The summed E-state index contributed by atoms with van der Waals surface area (Å²) in [6.45, 7) is -0.000126. The first kappa shape index (κ1) is 11.7. The van der Waals surface area contributed by atoms with E-state index in [0.717, 1.165) is 10.6 Å². The van der Waals surface area contributed by atoms with E-state index in [9.17, 15) is 0 Å². The van der Waals surface area contributed by atoms with Gasteiger partial charge in [-0.05, 0) is 18.2 Å². The van der Waals surface area contributed by atoms with Crippen LogP contribution in [0, 0.1) is 0 Å². The van der Waals surface area contributed by atoms with Crippen LogP contribution in [-0.2, 0) is 0 Å². The van der Waals surface area contributed by atoms with Gasteiger partial charge in [0.05, 0.1) is 12.7 Å². The molecule has 0 saturated carbocycles. The topological polar surface area (TPSA) is 52.5 Å². The van der Waals surface area contributed by atoms with E-state index in [-0.39, 0.29) is 13.2 Å². The van der Waals surface area contributed by atoms with Gasteiger partial charge in [0.15, 0.2) is 0 Å². The van der Waals surface area contributed by atoms with Crippen molar-refractivity contribution in [3.05, 3.63) is 23.2 Å². The highest BCUT2D eigenvalue weighted by atomic mass is 35.5. The predicted molar refractivity (Wildman–Crippen MR) is 60.3 cm³/mol. The standard InChI is InChI=1S/C9H12ClNO2S/c10-6-1-2-9(14)8(3-6)11-4-7(13)5-12/h1-3,7,11-14H,4-5H2. The fourth-order valence-corrected chi connectivity index (χ4v) is 1.33. The molecule has 0 aliphatic carbocycles. The lowest BCUT2D eigenvalue weighted by Gasteiger charge is -2.12. The van der Waals surface area contributed by atoms with Crippen molar-refractivity contribution in [3.63, 3.8) is 0 Å². The highest BCUT2D eigenvalue weighted by molar-refractivity contribution is 7.80. The molecular weight excluding hydrogens is 222 g/mol. The predicted octanol–water partition coefficient (Wildman–Crippen LogP) is 1.39. The first-order valence-electron chi connectivity index (χ1n) is 4.15. The molecule has 1 rings (SSSR count). The minimum absolute atomic E-state index is 0.268. The quantitative estimate of drug-likeness (QED) is 0.595. The molecule has 3 N–H and O–H groups in total. The van der Waals surface area contributed by atoms with Crippen LogP contribution in [0.25, 0.3) is 0 Å². The van der Waals surface area contributed by atoms with E-state index in [4.69, 9.17) is 21.8 Å². The average Bonchev–Trinajstić information content (AvgIpc) is 2.19. The van der Waals surface area contributed by atoms with E-state index in [0.29, 0.717) is 5.02 Å². The number of rotatable bonds is 4. The lowest BCUT2D eigenvalue weighted by Crippen LogP contribution is -2.23. The fraction of sp³-hybridized carbons (Fsp3) is 0.333. The number of hydrogen-bond donors (Lipinski definition) is 4. The molecule has 0 amide bonds. The van der Waals surface area contributed by atoms with E-state index in [1.54, 1.807) is 18.2 Å². The average molecular weight is 234 g/mol. The van der Waals surface area contributed by atoms with Crippen LogP contribution in [0.15, 0.2) is 23.1 Å². The molecule has 1 aromatic carbocycles. The zero-order chi connectivity index (χ0) is 10.6. The Morgan fingerprint density at radius 1 is 1.50 bits per heavy atom. The van der Waals surface area contributed by atoms with Crippen molar-refractivity contribution in [3.8, 4) is 0 Å². The normalized spacial score (nSPS) is 12.6. The van der Waals surface area contributed by atoms with E-state index in [2.05, 4.69) is 17.9 Å². The third-order valence-electron chi connectivity index (χ3n) is 1.70. The van der Waals surface area contributed by atoms with Gasteiger partial charge in [-0.25, -0.2) is 0 Å². The number of thiol groups is 1. The Morgan fingerprint density at radius 2 is 2.21 bits per heavy atom. The molecule has 0 fully saturated rings. The summed E-state index contributed by atoms with van der Waals surface area (Å²) in [6, 6.07) is 5.21. The highest BCUT2D eigenvalue weighted by Gasteiger charge is 2.03. The summed E-state index contributed by atoms with van der Waals surface area (Å²) in [4.78, 5) is 0.750. The molecule has 14 heavy (non-hydrogen) atoms. The maximum Gasteiger partial charge on any atom is 0.0942 e. The summed E-state index contributed by atoms with van der Waals surface area (Å²) >= 11 is 9.99. The lowest BCUT2D eigenvalue weighted by molar-refractivity contribution is 0.105. The van der Waals surface area contributed by atoms with Crippen molar-refractivity contribution in [2.75, 3.05) is 18.5 Å². The first-order chi connectivity index (χ1) is 6.63. The summed E-state index contributed by atoms with van der Waals surface area (Å²) in [5, 5.41) is 21.2. The van der Waals surface area contributed by atoms with Crippen molar-refractivity contribution in [1.82, 2.24) is 0 Å². The fourth-order valence-electron chi connectivity index (χ4n) is 0.942. The zero-order valence-corrected chi connectivity index (χ0v) is 9.09. The Bertz CT molecular complexity index is 309. The maximum atomic E-state index is 9.11. The van der Waals surface area contributed by atoms with Gasteiger partial charge in [0, 0.05) is 22.2 Å². The number of anilines is 1. The van der Waals surface area contributed by atoms with Crippen LogP contribution in [0.3, 0.4) is 0 Å². The van der Waals surface area contributed by atoms with Crippen LogP contribution in [0.2, 0.25) is 5.02 Å². The molecule has 1 aromatic rings. The Labute approximate surface area is 93.1 Å². The van der Waals surface area contributed by atoms with Gasteiger partial charge < -0.3 is 15.5 Å². The summed E-state index contributed by atoms with van der Waals surface area (Å²) in [6.07, 6.45) is -0.776. The van der Waals surface area contributed by atoms with Gasteiger partial charge in [0.1, 0.15) is 0 Å². The number of aliphatic hydroxyl groups is 2. The molecule has 0 aliphatic heterocycles. The number of halogens is 1. The van der Waals surface area contributed by atoms with Crippen LogP contribution in [0.1, 0.15) is 0 Å². The van der Waals surface area contributed by atoms with Crippen LogP contribution >= 0.6 is 24.2 Å². The van der Waals surface area contributed by atoms with Crippen LogP contribution < -0.4 is 5.32 Å². The number of nitrogens with one attached hydrogen (secondary N) is 1. The molecule has 0 bridgehead atoms. The molecule has 0 aliphatic rings. The van der Waals surface area contributed by atoms with Crippen molar-refractivity contribution >= 4 is 29.9 Å². The van der Waals surface area contributed by atoms with Gasteiger partial charge in [0.25, 0.3) is 0 Å². The van der Waals surface area contributed by atoms with Gasteiger partial charge in [-0.3, -0.25) is 0 Å². The Balaban J connectivity index is 2.62. The van der Waals surface area contributed by atoms with E-state index < -0.39 is 6.10 Å². The molecule has 0 spiro atoms. The molecule has 78 valence electrons. The van der Waals surface area contributed by atoms with E-state index in [1.807, 2.05) is 0 Å². The molecule has 0 radical (unpaired) electrons. The van der Waals surface area contributed by atoms with Gasteiger partial charge in [-0.1, -0.05) is 11.6 Å². The van der Waals surface area contributed by atoms with Crippen molar-refractivity contribution in [2.24, 2.45) is 0 Å². The number of aliphatic hydroxyl groups excluding tert-OH is 2. The maximum absolute atomic E-state index is 9.11. The van der Waals surface area contributed by atoms with E-state index in [1.165, 1.54) is 0 Å². The van der Waals surface area contributed by atoms with E-state index >= 15 is 0 Å². The van der Waals surface area contributed by atoms with Crippen LogP contribution in [0.5, 0.6) is 0 Å². The minimum atomic E-state index is -0.776. The molecule has 3 nitrogen and oxygen atoms in total. The second-order valence-corrected chi connectivity index (χ2v) is 3.80. The Morgan fingerprint density at radius 3 is 2.86 bits per heavy atom. The summed E-state index contributed by atoms with van der Waals surface area (Å²) in [5.41, 5.74) is 0.744. The highest BCUT2D eigenvalue weighted by Crippen LogP contribution is 2.23. The van der Waals surface area contributed by atoms with Crippen LogP contribution in [0.4, 0.5) is 5.69 Å².